The number of halogens is 1. The smallest absolute Gasteiger partial charge is 0.289 e. The minimum atomic E-state index is -2.89. The summed E-state index contributed by atoms with van der Waals surface area (Å²) in [4.78, 5) is 16.7. The molecule has 0 spiro atoms. The van der Waals surface area contributed by atoms with Crippen molar-refractivity contribution in [2.75, 3.05) is 37.7 Å². The van der Waals surface area contributed by atoms with Crippen molar-refractivity contribution in [1.82, 2.24) is 9.80 Å². The zero-order valence-electron chi connectivity index (χ0n) is 14.8. The van der Waals surface area contributed by atoms with Gasteiger partial charge in [0.15, 0.2) is 15.6 Å². The lowest BCUT2D eigenvalue weighted by Gasteiger charge is -2.37. The summed E-state index contributed by atoms with van der Waals surface area (Å²) in [5.41, 5.74) is 0.755. The van der Waals surface area contributed by atoms with Gasteiger partial charge in [-0.1, -0.05) is 23.7 Å². The largest absolute Gasteiger partial charge is 0.451 e. The van der Waals surface area contributed by atoms with Gasteiger partial charge in [0.25, 0.3) is 5.91 Å². The first-order valence-electron chi connectivity index (χ1n) is 9.01. The van der Waals surface area contributed by atoms with Gasteiger partial charge in [-0.15, -0.1) is 0 Å². The Morgan fingerprint density at radius 2 is 1.81 bits per heavy atom. The number of carbonyl (C=O) groups is 1. The van der Waals surface area contributed by atoms with Gasteiger partial charge in [-0.2, -0.15) is 0 Å². The summed E-state index contributed by atoms with van der Waals surface area (Å²) in [6.07, 6.45) is 0.690. The zero-order valence-corrected chi connectivity index (χ0v) is 16.4. The molecule has 3 heterocycles. The molecule has 0 bridgehead atoms. The van der Waals surface area contributed by atoms with Crippen LogP contribution in [0, 0.1) is 0 Å². The van der Waals surface area contributed by atoms with Crippen molar-refractivity contribution in [3.63, 3.8) is 0 Å². The Balaban J connectivity index is 1.40. The highest BCUT2D eigenvalue weighted by Crippen LogP contribution is 2.29. The molecule has 2 fully saturated rings. The Morgan fingerprint density at radius 1 is 1.07 bits per heavy atom. The molecular formula is C19H21ClN2O4S. The van der Waals surface area contributed by atoms with Gasteiger partial charge in [-0.05, 0) is 30.7 Å². The van der Waals surface area contributed by atoms with E-state index in [1.54, 1.807) is 23.1 Å². The van der Waals surface area contributed by atoms with E-state index in [2.05, 4.69) is 4.90 Å². The average molecular weight is 409 g/mol. The molecule has 0 N–H and O–H groups in total. The molecule has 1 atom stereocenters. The number of hydrogen-bond acceptors (Lipinski definition) is 5. The third kappa shape index (κ3) is 3.90. The minimum absolute atomic E-state index is 0.0858. The molecule has 6 nitrogen and oxygen atoms in total. The van der Waals surface area contributed by atoms with Crippen LogP contribution in [-0.2, 0) is 9.84 Å². The van der Waals surface area contributed by atoms with Crippen LogP contribution in [0.15, 0.2) is 40.8 Å². The van der Waals surface area contributed by atoms with Crippen LogP contribution in [0.2, 0.25) is 5.02 Å². The predicted octanol–water partition coefficient (Wildman–Crippen LogP) is 2.54. The van der Waals surface area contributed by atoms with E-state index in [1.165, 1.54) is 0 Å². The Kier molecular flexibility index (Phi) is 5.01. The first-order valence-corrected chi connectivity index (χ1v) is 11.2. The molecule has 4 rings (SSSR count). The molecule has 1 aromatic heterocycles. The van der Waals surface area contributed by atoms with Crippen molar-refractivity contribution >= 4 is 27.3 Å². The van der Waals surface area contributed by atoms with Crippen LogP contribution in [-0.4, -0.2) is 67.9 Å². The normalized spacial score (nSPS) is 22.9. The lowest BCUT2D eigenvalue weighted by molar-refractivity contribution is 0.0559. The molecule has 0 aliphatic carbocycles. The fourth-order valence-electron chi connectivity index (χ4n) is 3.77. The van der Waals surface area contributed by atoms with Crippen molar-refractivity contribution in [1.29, 1.82) is 0 Å². The number of piperazine rings is 1. The third-order valence-corrected chi connectivity index (χ3v) is 7.36. The Bertz CT molecular complexity index is 948. The van der Waals surface area contributed by atoms with Gasteiger partial charge in [0.1, 0.15) is 5.76 Å². The summed E-state index contributed by atoms with van der Waals surface area (Å²) in [5.74, 6) is 1.22. The molecule has 1 amide bonds. The van der Waals surface area contributed by atoms with Crippen molar-refractivity contribution in [2.24, 2.45) is 0 Å². The van der Waals surface area contributed by atoms with E-state index in [4.69, 9.17) is 16.0 Å². The van der Waals surface area contributed by atoms with Gasteiger partial charge < -0.3 is 9.32 Å². The molecule has 2 saturated heterocycles. The third-order valence-electron chi connectivity index (χ3n) is 5.28. The summed E-state index contributed by atoms with van der Waals surface area (Å²) in [5, 5.41) is 0.575. The molecule has 2 aliphatic heterocycles. The van der Waals surface area contributed by atoms with Crippen LogP contribution in [0.4, 0.5) is 0 Å². The second-order valence-electron chi connectivity index (χ2n) is 7.03. The maximum absolute atomic E-state index is 12.7. The van der Waals surface area contributed by atoms with E-state index in [0.29, 0.717) is 49.1 Å². The van der Waals surface area contributed by atoms with E-state index in [0.717, 1.165) is 5.56 Å². The average Bonchev–Trinajstić information content (AvgIpc) is 3.28. The van der Waals surface area contributed by atoms with Crippen LogP contribution in [0.3, 0.4) is 0 Å². The maximum atomic E-state index is 12.7. The van der Waals surface area contributed by atoms with Gasteiger partial charge in [-0.25, -0.2) is 8.42 Å². The predicted molar refractivity (Wildman–Crippen MR) is 104 cm³/mol. The highest BCUT2D eigenvalue weighted by molar-refractivity contribution is 7.91. The van der Waals surface area contributed by atoms with Gasteiger partial charge in [-0.3, -0.25) is 9.69 Å². The molecule has 0 radical (unpaired) electrons. The molecule has 0 saturated carbocycles. The quantitative estimate of drug-likeness (QED) is 0.780. The van der Waals surface area contributed by atoms with E-state index >= 15 is 0 Å². The van der Waals surface area contributed by atoms with Crippen LogP contribution >= 0.6 is 11.6 Å². The SMILES string of the molecule is O=C(c1ccc(-c2ccccc2Cl)o1)N1CCN(C2CCS(=O)(=O)C2)CC1. The number of sulfone groups is 1. The van der Waals surface area contributed by atoms with Gasteiger partial charge in [0.05, 0.1) is 16.5 Å². The van der Waals surface area contributed by atoms with Crippen molar-refractivity contribution in [2.45, 2.75) is 12.5 Å². The zero-order chi connectivity index (χ0) is 19.0. The van der Waals surface area contributed by atoms with Crippen LogP contribution in [0.1, 0.15) is 17.0 Å². The second-order valence-corrected chi connectivity index (χ2v) is 9.66. The lowest BCUT2D eigenvalue weighted by Crippen LogP contribution is -2.52. The van der Waals surface area contributed by atoms with Crippen molar-refractivity contribution in [3.8, 4) is 11.3 Å². The highest BCUT2D eigenvalue weighted by atomic mass is 35.5. The highest BCUT2D eigenvalue weighted by Gasteiger charge is 2.34. The van der Waals surface area contributed by atoms with Crippen LogP contribution in [0.25, 0.3) is 11.3 Å². The summed E-state index contributed by atoms with van der Waals surface area (Å²) < 4.78 is 29.1. The molecule has 2 aliphatic rings. The number of furan rings is 1. The molecule has 1 aromatic carbocycles. The second kappa shape index (κ2) is 7.30. The van der Waals surface area contributed by atoms with E-state index in [1.807, 2.05) is 18.2 Å². The first-order chi connectivity index (χ1) is 12.9. The molecule has 1 unspecified atom stereocenters. The summed E-state index contributed by atoms with van der Waals surface area (Å²) in [6.45, 7) is 2.50. The van der Waals surface area contributed by atoms with E-state index in [-0.39, 0.29) is 23.5 Å². The fraction of sp³-hybridized carbons (Fsp3) is 0.421. The van der Waals surface area contributed by atoms with Crippen molar-refractivity contribution in [3.05, 3.63) is 47.2 Å². The van der Waals surface area contributed by atoms with E-state index < -0.39 is 9.84 Å². The van der Waals surface area contributed by atoms with Gasteiger partial charge in [0.2, 0.25) is 0 Å². The van der Waals surface area contributed by atoms with Crippen LogP contribution in [0.5, 0.6) is 0 Å². The van der Waals surface area contributed by atoms with Gasteiger partial charge >= 0.3 is 0 Å². The van der Waals surface area contributed by atoms with Gasteiger partial charge in [0, 0.05) is 37.8 Å². The first kappa shape index (κ1) is 18.5. The minimum Gasteiger partial charge on any atom is -0.451 e. The fourth-order valence-corrected chi connectivity index (χ4v) is 5.76. The number of carbonyl (C=O) groups excluding carboxylic acids is 1. The van der Waals surface area contributed by atoms with E-state index in [9.17, 15) is 13.2 Å². The Hall–Kier alpha value is -1.83. The topological polar surface area (TPSA) is 70.8 Å². The molecule has 2 aromatic rings. The number of hydrogen-bond donors (Lipinski definition) is 0. The molecule has 8 heteroatoms. The summed E-state index contributed by atoms with van der Waals surface area (Å²) in [7, 11) is -2.89. The maximum Gasteiger partial charge on any atom is 0.289 e. The summed E-state index contributed by atoms with van der Waals surface area (Å²) in [6, 6.07) is 10.9. The molecule has 27 heavy (non-hydrogen) atoms. The number of amides is 1. The molecule has 144 valence electrons. The van der Waals surface area contributed by atoms with Crippen molar-refractivity contribution < 1.29 is 17.6 Å². The number of nitrogens with zero attached hydrogens (tertiary/aromatic N) is 2. The Morgan fingerprint density at radius 3 is 2.48 bits per heavy atom. The number of rotatable bonds is 3. The molecular weight excluding hydrogens is 388 g/mol. The summed E-state index contributed by atoms with van der Waals surface area (Å²) >= 11 is 6.19. The number of benzene rings is 1. The Labute approximate surface area is 163 Å². The van der Waals surface area contributed by atoms with Crippen LogP contribution < -0.4 is 0 Å². The lowest BCUT2D eigenvalue weighted by atomic mass is 10.2. The monoisotopic (exact) mass is 408 g/mol. The standard InChI is InChI=1S/C19H21ClN2O4S/c20-16-4-2-1-3-15(16)17-5-6-18(26-17)19(23)22-10-8-21(9-11-22)14-7-12-27(24,25)13-14/h1-6,14H,7-13H2.